The summed E-state index contributed by atoms with van der Waals surface area (Å²) >= 11 is 0. The fourth-order valence-corrected chi connectivity index (χ4v) is 2.27. The van der Waals surface area contributed by atoms with Crippen molar-refractivity contribution in [1.82, 2.24) is 0 Å². The minimum absolute atomic E-state index is 0.0695. The molecule has 0 aliphatic heterocycles. The van der Waals surface area contributed by atoms with E-state index in [0.717, 1.165) is 12.1 Å². The molecule has 0 spiro atoms. The molecule has 0 aliphatic rings. The van der Waals surface area contributed by atoms with Crippen molar-refractivity contribution in [2.75, 3.05) is 12.4 Å². The third-order valence-corrected chi connectivity index (χ3v) is 5.37. The van der Waals surface area contributed by atoms with Crippen LogP contribution in [0.15, 0.2) is 18.2 Å². The highest BCUT2D eigenvalue weighted by Crippen LogP contribution is 2.18. The van der Waals surface area contributed by atoms with Crippen LogP contribution in [0.25, 0.3) is 0 Å². The van der Waals surface area contributed by atoms with Gasteiger partial charge in [-0.1, -0.05) is 6.07 Å². The van der Waals surface area contributed by atoms with E-state index in [4.69, 9.17) is 14.8 Å². The minimum atomic E-state index is -3.35. The van der Waals surface area contributed by atoms with Gasteiger partial charge in [-0.05, 0) is 38.4 Å². The lowest BCUT2D eigenvalue weighted by Gasteiger charge is -2.19. The van der Waals surface area contributed by atoms with Gasteiger partial charge < -0.3 is 14.8 Å². The molecule has 0 atom stereocenters. The number of benzene rings is 1. The second-order valence-electron chi connectivity index (χ2n) is 5.34. The van der Waals surface area contributed by atoms with E-state index in [2.05, 4.69) is 0 Å². The molecule has 1 aromatic rings. The summed E-state index contributed by atoms with van der Waals surface area (Å²) in [5, 5.41) is 18.0. The van der Waals surface area contributed by atoms with E-state index in [9.17, 15) is 12.8 Å². The molecule has 112 valence electrons. The lowest BCUT2D eigenvalue weighted by molar-refractivity contribution is 0.321. The summed E-state index contributed by atoms with van der Waals surface area (Å²) in [6.07, 6.45) is 0. The second kappa shape index (κ2) is 6.11. The van der Waals surface area contributed by atoms with Crippen molar-refractivity contribution in [3.8, 4) is 5.75 Å². The highest BCUT2D eigenvalue weighted by Gasteiger charge is 2.28. The highest BCUT2D eigenvalue weighted by atomic mass is 32.2. The molecule has 0 heterocycles. The quantitative estimate of drug-likeness (QED) is 0.754. The van der Waals surface area contributed by atoms with Gasteiger partial charge in [0.25, 0.3) is 0 Å². The number of hydrogen-bond donors (Lipinski definition) is 2. The van der Waals surface area contributed by atoms with Crippen molar-refractivity contribution >= 4 is 22.4 Å². The zero-order valence-corrected chi connectivity index (χ0v) is 12.4. The van der Waals surface area contributed by atoms with Crippen LogP contribution in [-0.2, 0) is 9.84 Å². The van der Waals surface area contributed by atoms with E-state index in [1.807, 2.05) is 0 Å². The molecule has 8 heteroatoms. The molecule has 0 aromatic heterocycles. The number of halogens is 1. The Morgan fingerprint density at radius 2 is 1.90 bits per heavy atom. The molecule has 0 radical (unpaired) electrons. The van der Waals surface area contributed by atoms with Crippen molar-refractivity contribution in [2.45, 2.75) is 25.5 Å². The third-order valence-electron chi connectivity index (χ3n) is 2.80. The topological polar surface area (TPSA) is 83.8 Å². The number of ether oxygens (including phenoxy) is 1. The monoisotopic (exact) mass is 304 g/mol. The van der Waals surface area contributed by atoms with Gasteiger partial charge in [0.2, 0.25) is 0 Å². The van der Waals surface area contributed by atoms with Gasteiger partial charge in [-0.3, -0.25) is 0 Å². The lowest BCUT2D eigenvalue weighted by Crippen LogP contribution is -2.33. The predicted octanol–water partition coefficient (Wildman–Crippen LogP) is 0.0976. The Labute approximate surface area is 118 Å². The maximum absolute atomic E-state index is 13.4. The maximum atomic E-state index is 13.4. The normalized spacial score (nSPS) is 12.3. The van der Waals surface area contributed by atoms with Crippen LogP contribution in [0.5, 0.6) is 5.75 Å². The molecular formula is C12H18BFO5S. The van der Waals surface area contributed by atoms with Crippen LogP contribution in [0.2, 0.25) is 0 Å². The smallest absolute Gasteiger partial charge is 0.488 e. The van der Waals surface area contributed by atoms with Crippen LogP contribution in [-0.4, -0.2) is 42.7 Å². The minimum Gasteiger partial charge on any atom is -0.489 e. The second-order valence-corrected chi connectivity index (χ2v) is 8.21. The summed E-state index contributed by atoms with van der Waals surface area (Å²) in [6, 6.07) is 3.37. The SMILES string of the molecule is CC(C)(C)S(=O)(=O)CCOc1cc(B(O)O)ccc1F. The molecule has 0 amide bonds. The Kier molecular flexibility index (Phi) is 5.18. The number of rotatable bonds is 5. The van der Waals surface area contributed by atoms with Gasteiger partial charge >= 0.3 is 7.12 Å². The first-order chi connectivity index (χ1) is 9.04. The first kappa shape index (κ1) is 16.9. The molecule has 5 nitrogen and oxygen atoms in total. The molecule has 0 bridgehead atoms. The summed E-state index contributed by atoms with van der Waals surface area (Å²) in [5.41, 5.74) is 0.0695. The summed E-state index contributed by atoms with van der Waals surface area (Å²) < 4.78 is 41.3. The first-order valence-electron chi connectivity index (χ1n) is 6.05. The van der Waals surface area contributed by atoms with Crippen LogP contribution in [0.1, 0.15) is 20.8 Å². The molecule has 0 unspecified atom stereocenters. The van der Waals surface area contributed by atoms with Crippen LogP contribution in [0.4, 0.5) is 4.39 Å². The standard InChI is InChI=1S/C12H18BFO5S/c1-12(2,3)20(17,18)7-6-19-11-8-9(13(15)16)4-5-10(11)14/h4-5,8,15-16H,6-7H2,1-3H3. The molecule has 0 fully saturated rings. The molecule has 0 saturated carbocycles. The number of hydrogen-bond acceptors (Lipinski definition) is 5. The van der Waals surface area contributed by atoms with Gasteiger partial charge in [0.15, 0.2) is 21.4 Å². The Morgan fingerprint density at radius 1 is 1.30 bits per heavy atom. The average molecular weight is 304 g/mol. The van der Waals surface area contributed by atoms with Crippen molar-refractivity contribution in [1.29, 1.82) is 0 Å². The van der Waals surface area contributed by atoms with Crippen LogP contribution in [0, 0.1) is 5.82 Å². The van der Waals surface area contributed by atoms with Crippen molar-refractivity contribution in [3.05, 3.63) is 24.0 Å². The van der Waals surface area contributed by atoms with E-state index in [1.54, 1.807) is 20.8 Å². The van der Waals surface area contributed by atoms with E-state index < -0.39 is 27.5 Å². The largest absolute Gasteiger partial charge is 0.489 e. The van der Waals surface area contributed by atoms with Crippen molar-refractivity contribution in [3.63, 3.8) is 0 Å². The summed E-state index contributed by atoms with van der Waals surface area (Å²) in [4.78, 5) is 0. The van der Waals surface area contributed by atoms with Gasteiger partial charge in [0.1, 0.15) is 6.61 Å². The first-order valence-corrected chi connectivity index (χ1v) is 7.70. The molecule has 20 heavy (non-hydrogen) atoms. The maximum Gasteiger partial charge on any atom is 0.488 e. The van der Waals surface area contributed by atoms with Gasteiger partial charge in [-0.15, -0.1) is 0 Å². The molecular weight excluding hydrogens is 286 g/mol. The summed E-state index contributed by atoms with van der Waals surface area (Å²) in [5.74, 6) is -1.15. The molecule has 1 rings (SSSR count). The van der Waals surface area contributed by atoms with E-state index in [-0.39, 0.29) is 23.6 Å². The predicted molar refractivity (Wildman–Crippen MR) is 75.3 cm³/mol. The van der Waals surface area contributed by atoms with Crippen molar-refractivity contribution < 1.29 is 27.6 Å². The fourth-order valence-electron chi connectivity index (χ4n) is 1.36. The molecule has 0 saturated heterocycles. The van der Waals surface area contributed by atoms with Gasteiger partial charge in [-0.2, -0.15) is 0 Å². The van der Waals surface area contributed by atoms with E-state index in [1.165, 1.54) is 6.07 Å². The van der Waals surface area contributed by atoms with Gasteiger partial charge in [0, 0.05) is 0 Å². The Morgan fingerprint density at radius 3 is 2.40 bits per heavy atom. The van der Waals surface area contributed by atoms with Crippen LogP contribution < -0.4 is 10.2 Å². The lowest BCUT2D eigenvalue weighted by atomic mass is 9.80. The van der Waals surface area contributed by atoms with Gasteiger partial charge in [0.05, 0.1) is 10.5 Å². The zero-order chi connectivity index (χ0) is 15.6. The van der Waals surface area contributed by atoms with Crippen LogP contribution >= 0.6 is 0 Å². The highest BCUT2D eigenvalue weighted by molar-refractivity contribution is 7.92. The van der Waals surface area contributed by atoms with Gasteiger partial charge in [-0.25, -0.2) is 12.8 Å². The van der Waals surface area contributed by atoms with E-state index >= 15 is 0 Å². The molecule has 2 N–H and O–H groups in total. The Balaban J connectivity index is 2.74. The van der Waals surface area contributed by atoms with Crippen LogP contribution in [0.3, 0.4) is 0 Å². The summed E-state index contributed by atoms with van der Waals surface area (Å²) in [6.45, 7) is 4.52. The number of sulfone groups is 1. The third kappa shape index (κ3) is 4.19. The average Bonchev–Trinajstić information content (AvgIpc) is 2.29. The zero-order valence-electron chi connectivity index (χ0n) is 11.6. The van der Waals surface area contributed by atoms with E-state index in [0.29, 0.717) is 0 Å². The van der Waals surface area contributed by atoms with Crippen molar-refractivity contribution in [2.24, 2.45) is 0 Å². The summed E-state index contributed by atoms with van der Waals surface area (Å²) in [7, 11) is -5.09. The fraction of sp³-hybridized carbons (Fsp3) is 0.500. The Hall–Kier alpha value is -1.12. The Bertz CT molecular complexity index is 566. The molecule has 0 aliphatic carbocycles. The molecule has 1 aromatic carbocycles.